The Kier molecular flexibility index (Phi) is 2.61. The van der Waals surface area contributed by atoms with Crippen molar-refractivity contribution in [3.05, 3.63) is 12.5 Å². The molecule has 0 spiro atoms. The van der Waals surface area contributed by atoms with Crippen molar-refractivity contribution in [3.8, 4) is 0 Å². The summed E-state index contributed by atoms with van der Waals surface area (Å²) in [5.41, 5.74) is 0.785. The van der Waals surface area contributed by atoms with E-state index in [-0.39, 0.29) is 0 Å². The predicted molar refractivity (Wildman–Crippen MR) is 70.8 cm³/mol. The first-order valence-corrected chi connectivity index (χ1v) is 6.94. The van der Waals surface area contributed by atoms with Crippen LogP contribution in [0.1, 0.15) is 25.7 Å². The van der Waals surface area contributed by atoms with Crippen LogP contribution in [-0.4, -0.2) is 38.9 Å². The van der Waals surface area contributed by atoms with E-state index in [1.54, 1.807) is 12.5 Å². The fourth-order valence-electron chi connectivity index (χ4n) is 3.41. The molecule has 0 amide bonds. The van der Waals surface area contributed by atoms with Crippen LogP contribution in [-0.2, 0) is 4.74 Å². The molecule has 3 unspecified atom stereocenters. The smallest absolute Gasteiger partial charge is 0.160 e. The summed E-state index contributed by atoms with van der Waals surface area (Å²) in [7, 11) is 0. The van der Waals surface area contributed by atoms with E-state index in [1.165, 1.54) is 19.3 Å². The zero-order valence-electron chi connectivity index (χ0n) is 10.7. The number of nitrogens with one attached hydrogen (secondary N) is 2. The molecule has 1 aliphatic heterocycles. The number of aromatic amines is 1. The lowest BCUT2D eigenvalue weighted by Gasteiger charge is -2.33. The van der Waals surface area contributed by atoms with E-state index in [2.05, 4.69) is 25.5 Å². The maximum atomic E-state index is 5.81. The number of hydrogen-bond donors (Lipinski definition) is 2. The van der Waals surface area contributed by atoms with Gasteiger partial charge in [0.05, 0.1) is 17.7 Å². The van der Waals surface area contributed by atoms with Gasteiger partial charge in [0.15, 0.2) is 5.65 Å². The molecule has 2 fully saturated rings. The largest absolute Gasteiger partial charge is 0.378 e. The van der Waals surface area contributed by atoms with Crippen molar-refractivity contribution in [2.75, 3.05) is 11.9 Å². The lowest BCUT2D eigenvalue weighted by atomic mass is 9.82. The lowest BCUT2D eigenvalue weighted by Crippen LogP contribution is -2.38. The maximum absolute atomic E-state index is 5.81. The van der Waals surface area contributed by atoms with Gasteiger partial charge in [0.2, 0.25) is 0 Å². The van der Waals surface area contributed by atoms with Gasteiger partial charge in [0, 0.05) is 18.6 Å². The summed E-state index contributed by atoms with van der Waals surface area (Å²) >= 11 is 0. The van der Waals surface area contributed by atoms with Gasteiger partial charge in [0.1, 0.15) is 12.1 Å². The summed E-state index contributed by atoms with van der Waals surface area (Å²) in [5.74, 6) is 1.50. The number of H-pyrrole nitrogens is 1. The maximum Gasteiger partial charge on any atom is 0.160 e. The van der Waals surface area contributed by atoms with Gasteiger partial charge in [-0.3, -0.25) is 5.10 Å². The molecule has 0 radical (unpaired) electrons. The average molecular weight is 259 g/mol. The van der Waals surface area contributed by atoms with Crippen LogP contribution in [0.25, 0.3) is 11.0 Å². The highest BCUT2D eigenvalue weighted by molar-refractivity contribution is 5.85. The Morgan fingerprint density at radius 1 is 1.26 bits per heavy atom. The van der Waals surface area contributed by atoms with E-state index in [9.17, 15) is 0 Å². The van der Waals surface area contributed by atoms with Crippen LogP contribution in [0.2, 0.25) is 0 Å². The Labute approximate surface area is 111 Å². The quantitative estimate of drug-likeness (QED) is 0.859. The second kappa shape index (κ2) is 4.45. The number of aromatic nitrogens is 4. The van der Waals surface area contributed by atoms with Gasteiger partial charge in [-0.15, -0.1) is 0 Å². The molecule has 3 atom stereocenters. The van der Waals surface area contributed by atoms with Gasteiger partial charge in [-0.25, -0.2) is 9.97 Å². The summed E-state index contributed by atoms with van der Waals surface area (Å²) in [5, 5.41) is 11.5. The Morgan fingerprint density at radius 3 is 3.26 bits per heavy atom. The van der Waals surface area contributed by atoms with Gasteiger partial charge in [-0.05, 0) is 25.7 Å². The third-order valence-electron chi connectivity index (χ3n) is 4.35. The lowest BCUT2D eigenvalue weighted by molar-refractivity contribution is 0.0620. The molecular formula is C13H17N5O. The minimum atomic E-state index is 0.438. The highest BCUT2D eigenvalue weighted by Crippen LogP contribution is 2.36. The first-order chi connectivity index (χ1) is 9.42. The van der Waals surface area contributed by atoms with Crippen LogP contribution in [0.15, 0.2) is 12.5 Å². The minimum Gasteiger partial charge on any atom is -0.378 e. The Hall–Kier alpha value is -1.69. The number of nitrogens with zero attached hydrogens (tertiary/aromatic N) is 3. The van der Waals surface area contributed by atoms with Crippen molar-refractivity contribution in [1.29, 1.82) is 0 Å². The van der Waals surface area contributed by atoms with Crippen LogP contribution < -0.4 is 5.32 Å². The molecule has 19 heavy (non-hydrogen) atoms. The monoisotopic (exact) mass is 259 g/mol. The van der Waals surface area contributed by atoms with Gasteiger partial charge in [-0.1, -0.05) is 0 Å². The number of anilines is 1. The number of hydrogen-bond acceptors (Lipinski definition) is 5. The summed E-state index contributed by atoms with van der Waals surface area (Å²) in [4.78, 5) is 8.53. The molecule has 100 valence electrons. The van der Waals surface area contributed by atoms with Gasteiger partial charge in [0.25, 0.3) is 0 Å². The van der Waals surface area contributed by atoms with Crippen LogP contribution >= 0.6 is 0 Å². The fourth-order valence-corrected chi connectivity index (χ4v) is 3.41. The van der Waals surface area contributed by atoms with E-state index in [0.717, 1.165) is 29.9 Å². The van der Waals surface area contributed by atoms with Crippen LogP contribution in [0.4, 0.5) is 5.82 Å². The van der Waals surface area contributed by atoms with Gasteiger partial charge in [-0.2, -0.15) is 5.10 Å². The minimum absolute atomic E-state index is 0.438. The summed E-state index contributed by atoms with van der Waals surface area (Å²) < 4.78 is 5.81. The van der Waals surface area contributed by atoms with E-state index in [1.807, 2.05) is 0 Å². The van der Waals surface area contributed by atoms with E-state index in [4.69, 9.17) is 4.74 Å². The van der Waals surface area contributed by atoms with Crippen molar-refractivity contribution >= 4 is 16.9 Å². The molecule has 2 aromatic rings. The van der Waals surface area contributed by atoms with Crippen LogP contribution in [0.5, 0.6) is 0 Å². The number of fused-ring (bicyclic) bond motifs is 2. The normalized spacial score (nSPS) is 30.4. The molecule has 2 aromatic heterocycles. The second-order valence-corrected chi connectivity index (χ2v) is 5.40. The molecule has 0 aromatic carbocycles. The van der Waals surface area contributed by atoms with E-state index in [0.29, 0.717) is 18.1 Å². The molecule has 1 saturated carbocycles. The molecule has 1 aliphatic carbocycles. The third kappa shape index (κ3) is 1.87. The fraction of sp³-hybridized carbons (Fsp3) is 0.615. The van der Waals surface area contributed by atoms with Crippen molar-refractivity contribution < 1.29 is 4.74 Å². The summed E-state index contributed by atoms with van der Waals surface area (Å²) in [6, 6.07) is 0.453. The van der Waals surface area contributed by atoms with E-state index >= 15 is 0 Å². The second-order valence-electron chi connectivity index (χ2n) is 5.40. The van der Waals surface area contributed by atoms with Crippen molar-refractivity contribution in [3.63, 3.8) is 0 Å². The average Bonchev–Trinajstić information content (AvgIpc) is 3.08. The third-order valence-corrected chi connectivity index (χ3v) is 4.35. The first kappa shape index (κ1) is 11.2. The highest BCUT2D eigenvalue weighted by atomic mass is 16.5. The van der Waals surface area contributed by atoms with Crippen molar-refractivity contribution in [2.45, 2.75) is 37.8 Å². The van der Waals surface area contributed by atoms with Gasteiger partial charge >= 0.3 is 0 Å². The number of ether oxygens (including phenoxy) is 1. The topological polar surface area (TPSA) is 75.7 Å². The molecule has 4 rings (SSSR count). The van der Waals surface area contributed by atoms with E-state index < -0.39 is 0 Å². The summed E-state index contributed by atoms with van der Waals surface area (Å²) in [6.45, 7) is 0.901. The molecule has 1 saturated heterocycles. The van der Waals surface area contributed by atoms with Crippen molar-refractivity contribution in [2.24, 2.45) is 5.92 Å². The van der Waals surface area contributed by atoms with Gasteiger partial charge < -0.3 is 10.1 Å². The predicted octanol–water partition coefficient (Wildman–Crippen LogP) is 1.72. The Balaban J connectivity index is 1.62. The first-order valence-electron chi connectivity index (χ1n) is 6.94. The molecule has 6 nitrogen and oxygen atoms in total. The zero-order chi connectivity index (χ0) is 12.7. The Bertz CT molecular complexity index is 583. The van der Waals surface area contributed by atoms with Crippen molar-refractivity contribution in [1.82, 2.24) is 20.2 Å². The summed E-state index contributed by atoms with van der Waals surface area (Å²) in [6.07, 6.45) is 8.56. The molecule has 6 heteroatoms. The molecule has 2 N–H and O–H groups in total. The molecule has 0 bridgehead atoms. The molecular weight excluding hydrogens is 242 g/mol. The number of rotatable bonds is 2. The SMILES string of the molecule is c1nc(NC2CCCC3OCCC23)c2cn[nH]c2n1. The molecule has 2 aliphatic rings. The van der Waals surface area contributed by atoms with Crippen LogP contribution in [0.3, 0.4) is 0 Å². The van der Waals surface area contributed by atoms with Crippen LogP contribution in [0, 0.1) is 5.92 Å². The Morgan fingerprint density at radius 2 is 2.26 bits per heavy atom. The zero-order valence-corrected chi connectivity index (χ0v) is 10.7. The highest BCUT2D eigenvalue weighted by Gasteiger charge is 2.37. The molecule has 3 heterocycles. The standard InChI is InChI=1S/C13H17N5O/c1-2-10(8-4-5-19-11(8)3-1)17-12-9-6-16-18-13(9)15-7-14-12/h6-8,10-11H,1-5H2,(H2,14,15,16,17,18).